The number of hydrogen-bond donors (Lipinski definition) is 1. The highest BCUT2D eigenvalue weighted by molar-refractivity contribution is 7.15. The van der Waals surface area contributed by atoms with E-state index in [1.807, 2.05) is 11.3 Å². The maximum atomic E-state index is 5.29. The number of rotatable bonds is 6. The molecule has 2 heterocycles. The topological polar surface area (TPSA) is 37.4 Å². The van der Waals surface area contributed by atoms with Crippen molar-refractivity contribution in [2.45, 2.75) is 40.3 Å². The van der Waals surface area contributed by atoms with E-state index in [0.717, 1.165) is 43.7 Å². The van der Waals surface area contributed by atoms with Gasteiger partial charge < -0.3 is 15.0 Å². The Hall–Kier alpha value is -0.650. The zero-order valence-corrected chi connectivity index (χ0v) is 13.9. The molecule has 0 radical (unpaired) electrons. The maximum Gasteiger partial charge on any atom is 0.185 e. The van der Waals surface area contributed by atoms with E-state index in [1.165, 1.54) is 16.4 Å². The molecule has 1 aromatic rings. The van der Waals surface area contributed by atoms with Gasteiger partial charge in [-0.2, -0.15) is 0 Å². The number of methoxy groups -OCH3 is 1. The van der Waals surface area contributed by atoms with Gasteiger partial charge in [-0.15, -0.1) is 11.3 Å². The summed E-state index contributed by atoms with van der Waals surface area (Å²) in [6.07, 6.45) is 1.27. The molecule has 1 saturated heterocycles. The average molecular weight is 297 g/mol. The molecule has 1 fully saturated rings. The van der Waals surface area contributed by atoms with Crippen LogP contribution in [0.3, 0.4) is 0 Å². The lowest BCUT2D eigenvalue weighted by molar-refractivity contribution is 0.181. The summed E-state index contributed by atoms with van der Waals surface area (Å²) in [5.41, 5.74) is 1.10. The van der Waals surface area contributed by atoms with Gasteiger partial charge in [0.1, 0.15) is 0 Å². The lowest BCUT2D eigenvalue weighted by Crippen LogP contribution is -2.38. The molecule has 0 saturated carbocycles. The van der Waals surface area contributed by atoms with Crippen LogP contribution in [0.1, 0.15) is 37.8 Å². The summed E-state index contributed by atoms with van der Waals surface area (Å²) in [6, 6.07) is 0. The molecule has 1 N–H and O–H groups in total. The van der Waals surface area contributed by atoms with E-state index in [9.17, 15) is 0 Å². The van der Waals surface area contributed by atoms with Crippen LogP contribution in [0, 0.1) is 11.8 Å². The largest absolute Gasteiger partial charge is 0.378 e. The predicted molar refractivity (Wildman–Crippen MR) is 85.4 cm³/mol. The Morgan fingerprint density at radius 2 is 2.20 bits per heavy atom. The van der Waals surface area contributed by atoms with Gasteiger partial charge in [0.25, 0.3) is 0 Å². The van der Waals surface area contributed by atoms with Gasteiger partial charge in [0.05, 0.1) is 12.3 Å². The molecule has 2 unspecified atom stereocenters. The van der Waals surface area contributed by atoms with E-state index >= 15 is 0 Å². The van der Waals surface area contributed by atoms with E-state index in [-0.39, 0.29) is 0 Å². The molecule has 20 heavy (non-hydrogen) atoms. The maximum absolute atomic E-state index is 5.29. The van der Waals surface area contributed by atoms with Crippen LogP contribution in [0.2, 0.25) is 0 Å². The van der Waals surface area contributed by atoms with E-state index < -0.39 is 0 Å². The molecule has 0 amide bonds. The highest BCUT2D eigenvalue weighted by atomic mass is 32.1. The van der Waals surface area contributed by atoms with Gasteiger partial charge in [0.2, 0.25) is 0 Å². The Labute approximate surface area is 126 Å². The number of anilines is 1. The molecular weight excluding hydrogens is 270 g/mol. The fourth-order valence-corrected chi connectivity index (χ4v) is 3.64. The highest BCUT2D eigenvalue weighted by Gasteiger charge is 2.25. The summed E-state index contributed by atoms with van der Waals surface area (Å²) in [6.45, 7) is 11.6. The van der Waals surface area contributed by atoms with Gasteiger partial charge in [0, 0.05) is 31.6 Å². The monoisotopic (exact) mass is 297 g/mol. The standard InChI is InChI=1S/C15H27N3OS/c1-5-16-8-14-13(10-19-4)17-15(20-14)18-7-6-11(2)12(3)9-18/h11-12,16H,5-10H2,1-4H3. The van der Waals surface area contributed by atoms with Crippen LogP contribution < -0.4 is 10.2 Å². The first kappa shape index (κ1) is 15.7. The molecule has 5 heteroatoms. The summed E-state index contributed by atoms with van der Waals surface area (Å²) >= 11 is 1.82. The average Bonchev–Trinajstić information content (AvgIpc) is 2.83. The zero-order chi connectivity index (χ0) is 14.5. The first-order valence-corrected chi connectivity index (χ1v) is 8.40. The van der Waals surface area contributed by atoms with Crippen molar-refractivity contribution in [3.8, 4) is 0 Å². The third kappa shape index (κ3) is 3.71. The number of piperidine rings is 1. The summed E-state index contributed by atoms with van der Waals surface area (Å²) < 4.78 is 5.29. The van der Waals surface area contributed by atoms with Gasteiger partial charge in [-0.1, -0.05) is 20.8 Å². The third-order valence-corrected chi connectivity index (χ3v) is 5.35. The molecule has 1 aliphatic heterocycles. The summed E-state index contributed by atoms with van der Waals surface area (Å²) in [4.78, 5) is 8.58. The smallest absolute Gasteiger partial charge is 0.185 e. The van der Waals surface area contributed by atoms with Crippen LogP contribution in [0.5, 0.6) is 0 Å². The molecule has 1 aliphatic rings. The summed E-state index contributed by atoms with van der Waals surface area (Å²) in [7, 11) is 1.74. The number of aromatic nitrogens is 1. The van der Waals surface area contributed by atoms with Gasteiger partial charge >= 0.3 is 0 Å². The van der Waals surface area contributed by atoms with Crippen molar-refractivity contribution >= 4 is 16.5 Å². The van der Waals surface area contributed by atoms with Crippen molar-refractivity contribution in [2.24, 2.45) is 11.8 Å². The Bertz CT molecular complexity index is 421. The minimum atomic E-state index is 0.608. The number of nitrogens with zero attached hydrogens (tertiary/aromatic N) is 2. The number of hydrogen-bond acceptors (Lipinski definition) is 5. The van der Waals surface area contributed by atoms with Crippen LogP contribution in [-0.2, 0) is 17.9 Å². The van der Waals surface area contributed by atoms with Crippen molar-refractivity contribution in [2.75, 3.05) is 31.6 Å². The van der Waals surface area contributed by atoms with Gasteiger partial charge in [-0.25, -0.2) is 4.98 Å². The fourth-order valence-electron chi connectivity index (χ4n) is 2.57. The molecule has 114 valence electrons. The minimum absolute atomic E-state index is 0.608. The van der Waals surface area contributed by atoms with Crippen molar-refractivity contribution in [3.05, 3.63) is 10.6 Å². The molecule has 4 nitrogen and oxygen atoms in total. The fraction of sp³-hybridized carbons (Fsp3) is 0.800. The SMILES string of the molecule is CCNCc1sc(N2CCC(C)C(C)C2)nc1COC. The van der Waals surface area contributed by atoms with Crippen LogP contribution >= 0.6 is 11.3 Å². The highest BCUT2D eigenvalue weighted by Crippen LogP contribution is 2.32. The Kier molecular flexibility index (Phi) is 5.81. The van der Waals surface area contributed by atoms with Gasteiger partial charge in [0.15, 0.2) is 5.13 Å². The molecule has 0 aliphatic carbocycles. The van der Waals surface area contributed by atoms with E-state index in [4.69, 9.17) is 9.72 Å². The molecule has 2 rings (SSSR count). The second kappa shape index (κ2) is 7.38. The van der Waals surface area contributed by atoms with Crippen molar-refractivity contribution in [1.29, 1.82) is 0 Å². The van der Waals surface area contributed by atoms with Crippen LogP contribution in [0.15, 0.2) is 0 Å². The van der Waals surface area contributed by atoms with E-state index in [1.54, 1.807) is 7.11 Å². The summed E-state index contributed by atoms with van der Waals surface area (Å²) in [5, 5.41) is 4.56. The third-order valence-electron chi connectivity index (χ3n) is 4.19. The number of nitrogens with one attached hydrogen (secondary N) is 1. The molecule has 0 aromatic carbocycles. The quantitative estimate of drug-likeness (QED) is 0.876. The predicted octanol–water partition coefficient (Wildman–Crippen LogP) is 2.88. The van der Waals surface area contributed by atoms with Gasteiger partial charge in [-0.05, 0) is 24.8 Å². The first-order valence-electron chi connectivity index (χ1n) is 7.58. The van der Waals surface area contributed by atoms with Crippen molar-refractivity contribution in [1.82, 2.24) is 10.3 Å². The number of thiazole rings is 1. The van der Waals surface area contributed by atoms with Crippen LogP contribution in [-0.4, -0.2) is 31.7 Å². The minimum Gasteiger partial charge on any atom is -0.378 e. The van der Waals surface area contributed by atoms with E-state index in [0.29, 0.717) is 6.61 Å². The lowest BCUT2D eigenvalue weighted by atomic mass is 9.89. The Morgan fingerprint density at radius 3 is 2.85 bits per heavy atom. The zero-order valence-electron chi connectivity index (χ0n) is 13.1. The number of ether oxygens (including phenoxy) is 1. The van der Waals surface area contributed by atoms with Crippen LogP contribution in [0.25, 0.3) is 0 Å². The normalized spacial score (nSPS) is 23.3. The lowest BCUT2D eigenvalue weighted by Gasteiger charge is -2.35. The molecular formula is C15H27N3OS. The Balaban J connectivity index is 2.11. The molecule has 0 bridgehead atoms. The molecule has 2 atom stereocenters. The Morgan fingerprint density at radius 1 is 1.40 bits per heavy atom. The van der Waals surface area contributed by atoms with Crippen molar-refractivity contribution in [3.63, 3.8) is 0 Å². The van der Waals surface area contributed by atoms with Gasteiger partial charge in [-0.3, -0.25) is 0 Å². The van der Waals surface area contributed by atoms with Crippen LogP contribution in [0.4, 0.5) is 5.13 Å². The first-order chi connectivity index (χ1) is 9.65. The van der Waals surface area contributed by atoms with E-state index in [2.05, 4.69) is 31.0 Å². The second-order valence-corrected chi connectivity index (χ2v) is 6.83. The van der Waals surface area contributed by atoms with Crippen molar-refractivity contribution < 1.29 is 4.74 Å². The molecule has 0 spiro atoms. The summed E-state index contributed by atoms with van der Waals surface area (Å²) in [5.74, 6) is 1.57. The second-order valence-electron chi connectivity index (χ2n) is 5.77. The molecule has 1 aromatic heterocycles.